The molecule has 1 fully saturated rings. The molecule has 382 valence electrons. The molecule has 3 heterocycles. The summed E-state index contributed by atoms with van der Waals surface area (Å²) in [6, 6.07) is 43.9. The standard InChI is InChI=1S/C31H21ClF3N3O2.C28H22F3N3O2/c32-27-8-4-1-5-21(27)17-37-29(39)22-15-20-11-14-24(16-28(20)36-18-22)38-30(40)26-7-3-2-6-25(26)19-9-12-23(13-10-19)31(33,34)35;29-28(30,31)21-10-7-18(8-11-21)23-5-1-2-6-24(23)26(35)33-22-12-9-19-15-20(17-32-25(19)16-22)27(36)34-13-3-4-14-34/h1-16,18H,17H2,(H,37,39)(H,38,40);1-2,5-12,15-17H,3-4,13-14H2,(H,33,35). The zero-order chi connectivity index (χ0) is 53.6. The average molecular weight is 1050 g/mol. The predicted octanol–water partition coefficient (Wildman–Crippen LogP) is 14.2. The number of alkyl halides is 6. The first-order chi connectivity index (χ1) is 36.5. The Morgan fingerprint density at radius 1 is 0.513 bits per heavy atom. The first kappa shape index (κ1) is 52.0. The molecule has 7 aromatic carbocycles. The van der Waals surface area contributed by atoms with E-state index in [4.69, 9.17) is 11.6 Å². The van der Waals surface area contributed by atoms with E-state index in [9.17, 15) is 45.5 Å². The van der Waals surface area contributed by atoms with Crippen LogP contribution >= 0.6 is 11.6 Å². The highest BCUT2D eigenvalue weighted by atomic mass is 35.5. The van der Waals surface area contributed by atoms with Crippen LogP contribution in [0.25, 0.3) is 44.1 Å². The predicted molar refractivity (Wildman–Crippen MR) is 281 cm³/mol. The molecule has 0 radical (unpaired) electrons. The van der Waals surface area contributed by atoms with Gasteiger partial charge in [0.2, 0.25) is 0 Å². The number of fused-ring (bicyclic) bond motifs is 2. The Labute approximate surface area is 436 Å². The first-order valence-corrected chi connectivity index (χ1v) is 24.1. The fourth-order valence-corrected chi connectivity index (χ4v) is 8.80. The molecular formula is C59H43ClF6N6O4. The van der Waals surface area contributed by atoms with E-state index in [0.717, 1.165) is 61.1 Å². The van der Waals surface area contributed by atoms with E-state index < -0.39 is 35.3 Å². The van der Waals surface area contributed by atoms with Crippen molar-refractivity contribution >= 4 is 68.4 Å². The van der Waals surface area contributed by atoms with E-state index in [1.807, 2.05) is 23.1 Å². The van der Waals surface area contributed by atoms with Crippen LogP contribution in [-0.2, 0) is 18.9 Å². The van der Waals surface area contributed by atoms with Crippen LogP contribution in [0.2, 0.25) is 5.02 Å². The fraction of sp³-hybridized carbons (Fsp3) is 0.119. The molecule has 3 N–H and O–H groups in total. The van der Waals surface area contributed by atoms with E-state index in [-0.39, 0.29) is 18.4 Å². The Morgan fingerprint density at radius 2 is 0.961 bits per heavy atom. The van der Waals surface area contributed by atoms with Crippen LogP contribution in [0.5, 0.6) is 0 Å². The molecule has 2 aromatic heterocycles. The third-order valence-corrected chi connectivity index (χ3v) is 12.9. The smallest absolute Gasteiger partial charge is 0.348 e. The molecule has 1 aliphatic heterocycles. The van der Waals surface area contributed by atoms with Gasteiger partial charge < -0.3 is 20.9 Å². The SMILES string of the molecule is O=C(NCc1ccccc1Cl)c1cnc2cc(NC(=O)c3ccccc3-c3ccc(C(F)(F)F)cc3)ccc2c1.O=C(Nc1ccc2cc(C(=O)N3CCCC3)cnc2c1)c1ccccc1-c1ccc(C(F)(F)F)cc1. The Bertz CT molecular complexity index is 3640. The van der Waals surface area contributed by atoms with Crippen LogP contribution in [0.15, 0.2) is 182 Å². The van der Waals surface area contributed by atoms with Gasteiger partial charge in [0.1, 0.15) is 0 Å². The maximum atomic E-state index is 13.2. The van der Waals surface area contributed by atoms with Crippen molar-refractivity contribution in [2.75, 3.05) is 23.7 Å². The van der Waals surface area contributed by atoms with Crippen LogP contribution in [0, 0.1) is 0 Å². The van der Waals surface area contributed by atoms with Crippen molar-refractivity contribution in [3.63, 3.8) is 0 Å². The minimum Gasteiger partial charge on any atom is -0.348 e. The second kappa shape index (κ2) is 22.3. The molecule has 76 heavy (non-hydrogen) atoms. The van der Waals surface area contributed by atoms with Crippen molar-refractivity contribution in [3.05, 3.63) is 226 Å². The number of benzene rings is 7. The Hall–Kier alpha value is -8.89. The molecule has 0 saturated carbocycles. The second-order valence-electron chi connectivity index (χ2n) is 17.7. The van der Waals surface area contributed by atoms with Crippen LogP contribution < -0.4 is 16.0 Å². The number of anilines is 2. The lowest BCUT2D eigenvalue weighted by Crippen LogP contribution is -2.27. The van der Waals surface area contributed by atoms with E-state index in [1.54, 1.807) is 109 Å². The molecule has 17 heteroatoms. The maximum absolute atomic E-state index is 13.2. The lowest BCUT2D eigenvalue weighted by atomic mass is 9.98. The highest BCUT2D eigenvalue weighted by Crippen LogP contribution is 2.34. The van der Waals surface area contributed by atoms with Crippen molar-refractivity contribution in [2.24, 2.45) is 0 Å². The minimum absolute atomic E-state index is 0.0286. The number of carbonyl (C=O) groups excluding carboxylic acids is 4. The highest BCUT2D eigenvalue weighted by Gasteiger charge is 2.31. The van der Waals surface area contributed by atoms with Crippen molar-refractivity contribution in [2.45, 2.75) is 31.7 Å². The Morgan fingerprint density at radius 3 is 1.45 bits per heavy atom. The van der Waals surface area contributed by atoms with Gasteiger partial charge in [-0.05, 0) is 120 Å². The van der Waals surface area contributed by atoms with Crippen LogP contribution in [0.4, 0.5) is 37.7 Å². The van der Waals surface area contributed by atoms with E-state index in [1.165, 1.54) is 30.5 Å². The number of carbonyl (C=O) groups is 4. The number of hydrogen-bond donors (Lipinski definition) is 3. The summed E-state index contributed by atoms with van der Waals surface area (Å²) in [6.45, 7) is 1.79. The molecule has 10 nitrogen and oxygen atoms in total. The number of aromatic nitrogens is 2. The summed E-state index contributed by atoms with van der Waals surface area (Å²) in [6.07, 6.45) is -3.85. The number of hydrogen-bond acceptors (Lipinski definition) is 6. The number of rotatable bonds is 10. The molecule has 1 aliphatic rings. The van der Waals surface area contributed by atoms with Gasteiger partial charge in [0.15, 0.2) is 0 Å². The average Bonchev–Trinajstić information content (AvgIpc) is 3.98. The largest absolute Gasteiger partial charge is 0.416 e. The first-order valence-electron chi connectivity index (χ1n) is 23.7. The fourth-order valence-electron chi connectivity index (χ4n) is 8.60. The van der Waals surface area contributed by atoms with Gasteiger partial charge in [0.05, 0.1) is 33.3 Å². The van der Waals surface area contributed by atoms with Gasteiger partial charge in [-0.15, -0.1) is 0 Å². The summed E-state index contributed by atoms with van der Waals surface area (Å²) in [7, 11) is 0. The Kier molecular flexibility index (Phi) is 15.3. The van der Waals surface area contributed by atoms with Gasteiger partial charge in [0.25, 0.3) is 23.6 Å². The second-order valence-corrected chi connectivity index (χ2v) is 18.1. The van der Waals surface area contributed by atoms with Crippen molar-refractivity contribution < 1.29 is 45.5 Å². The summed E-state index contributed by atoms with van der Waals surface area (Å²) < 4.78 is 77.7. The van der Waals surface area contributed by atoms with Gasteiger partial charge in [-0.1, -0.05) is 103 Å². The van der Waals surface area contributed by atoms with E-state index in [2.05, 4.69) is 25.9 Å². The highest BCUT2D eigenvalue weighted by molar-refractivity contribution is 6.31. The molecule has 0 spiro atoms. The quantitative estimate of drug-likeness (QED) is 0.117. The third kappa shape index (κ3) is 12.2. The number of nitrogens with one attached hydrogen (secondary N) is 3. The van der Waals surface area contributed by atoms with Gasteiger partial charge in [-0.2, -0.15) is 26.3 Å². The lowest BCUT2D eigenvalue weighted by Gasteiger charge is -2.15. The van der Waals surface area contributed by atoms with Crippen molar-refractivity contribution in [1.82, 2.24) is 20.2 Å². The van der Waals surface area contributed by atoms with Crippen molar-refractivity contribution in [1.29, 1.82) is 0 Å². The summed E-state index contributed by atoms with van der Waals surface area (Å²) in [5.41, 5.74) is 5.03. The van der Waals surface area contributed by atoms with Crippen LogP contribution in [-0.4, -0.2) is 51.6 Å². The molecule has 0 unspecified atom stereocenters. The van der Waals surface area contributed by atoms with Gasteiger partial charge in [0, 0.05) is 70.3 Å². The molecule has 10 rings (SSSR count). The summed E-state index contributed by atoms with van der Waals surface area (Å²) in [5, 5.41) is 10.5. The zero-order valence-electron chi connectivity index (χ0n) is 40.0. The minimum atomic E-state index is -4.44. The monoisotopic (exact) mass is 1050 g/mol. The van der Waals surface area contributed by atoms with Crippen molar-refractivity contribution in [3.8, 4) is 22.3 Å². The van der Waals surface area contributed by atoms with E-state index in [0.29, 0.717) is 77.3 Å². The third-order valence-electron chi connectivity index (χ3n) is 12.6. The maximum Gasteiger partial charge on any atom is 0.416 e. The molecule has 9 aromatic rings. The number of nitrogens with zero attached hydrogens (tertiary/aromatic N) is 3. The lowest BCUT2D eigenvalue weighted by molar-refractivity contribution is -0.138. The Balaban J connectivity index is 0.000000187. The normalized spacial score (nSPS) is 12.4. The number of halogens is 7. The molecule has 4 amide bonds. The van der Waals surface area contributed by atoms with Crippen LogP contribution in [0.3, 0.4) is 0 Å². The molecule has 0 aliphatic carbocycles. The van der Waals surface area contributed by atoms with E-state index >= 15 is 0 Å². The molecular weight excluding hydrogens is 1010 g/mol. The summed E-state index contributed by atoms with van der Waals surface area (Å²) in [5.74, 6) is -1.15. The van der Waals surface area contributed by atoms with Gasteiger partial charge in [-0.25, -0.2) is 0 Å². The van der Waals surface area contributed by atoms with Gasteiger partial charge >= 0.3 is 12.4 Å². The molecule has 0 atom stereocenters. The number of pyridine rings is 2. The zero-order valence-corrected chi connectivity index (χ0v) is 40.7. The van der Waals surface area contributed by atoms with Crippen LogP contribution in [0.1, 0.15) is 71.0 Å². The topological polar surface area (TPSA) is 133 Å². The number of likely N-dealkylation sites (tertiary alicyclic amines) is 1. The van der Waals surface area contributed by atoms with Gasteiger partial charge in [-0.3, -0.25) is 29.1 Å². The molecule has 0 bridgehead atoms. The summed E-state index contributed by atoms with van der Waals surface area (Å²) in [4.78, 5) is 62.2. The summed E-state index contributed by atoms with van der Waals surface area (Å²) >= 11 is 6.15. The number of amides is 4. The molecule has 1 saturated heterocycles.